The zero-order chi connectivity index (χ0) is 14.5. The fraction of sp³-hybridized carbons (Fsp3) is 0.500. The molecule has 0 radical (unpaired) electrons. The van der Waals surface area contributed by atoms with Crippen LogP contribution in [0.5, 0.6) is 5.75 Å². The van der Waals surface area contributed by atoms with Gasteiger partial charge in [-0.1, -0.05) is 18.5 Å². The van der Waals surface area contributed by atoms with E-state index in [4.69, 9.17) is 21.4 Å². The first-order valence-corrected chi connectivity index (χ1v) is 7.83. The van der Waals surface area contributed by atoms with Crippen molar-refractivity contribution in [1.82, 2.24) is 4.72 Å². The number of rotatable bonds is 7. The molecule has 19 heavy (non-hydrogen) atoms. The van der Waals surface area contributed by atoms with Crippen molar-refractivity contribution >= 4 is 21.6 Å². The molecule has 0 aliphatic rings. The maximum atomic E-state index is 12.0. The summed E-state index contributed by atoms with van der Waals surface area (Å²) >= 11 is 5.93. The highest BCUT2D eigenvalue weighted by Gasteiger charge is 2.16. The molecule has 0 unspecified atom stereocenters. The van der Waals surface area contributed by atoms with E-state index in [2.05, 4.69) is 4.72 Å². The molecule has 0 heterocycles. The number of sulfonamides is 1. The van der Waals surface area contributed by atoms with Crippen LogP contribution in [0.1, 0.15) is 20.3 Å². The summed E-state index contributed by atoms with van der Waals surface area (Å²) < 4.78 is 31.6. The molecule has 2 N–H and O–H groups in total. The van der Waals surface area contributed by atoms with Crippen molar-refractivity contribution < 1.29 is 18.3 Å². The van der Waals surface area contributed by atoms with Crippen molar-refractivity contribution in [2.45, 2.75) is 31.3 Å². The van der Waals surface area contributed by atoms with Crippen molar-refractivity contribution in [3.05, 3.63) is 23.2 Å². The molecule has 108 valence electrons. The second-order valence-corrected chi connectivity index (χ2v) is 6.32. The van der Waals surface area contributed by atoms with Crippen molar-refractivity contribution in [2.75, 3.05) is 13.2 Å². The number of nitrogens with one attached hydrogen (secondary N) is 1. The van der Waals surface area contributed by atoms with Crippen molar-refractivity contribution in [3.8, 4) is 5.75 Å². The van der Waals surface area contributed by atoms with Crippen LogP contribution in [0.25, 0.3) is 0 Å². The molecule has 0 fully saturated rings. The zero-order valence-corrected chi connectivity index (χ0v) is 12.5. The van der Waals surface area contributed by atoms with Gasteiger partial charge in [-0.05, 0) is 25.5 Å². The van der Waals surface area contributed by atoms with E-state index in [9.17, 15) is 8.42 Å². The van der Waals surface area contributed by atoms with Crippen LogP contribution in [0.2, 0.25) is 5.02 Å². The summed E-state index contributed by atoms with van der Waals surface area (Å²) in [6.07, 6.45) is 0.0472. The summed E-state index contributed by atoms with van der Waals surface area (Å²) in [5, 5.41) is 9.47. The highest BCUT2D eigenvalue weighted by atomic mass is 35.5. The van der Waals surface area contributed by atoms with Crippen molar-refractivity contribution in [1.29, 1.82) is 0 Å². The van der Waals surface area contributed by atoms with Crippen molar-refractivity contribution in [2.24, 2.45) is 0 Å². The Balaban J connectivity index is 2.94. The largest absolute Gasteiger partial charge is 0.492 e. The Kier molecular flexibility index (Phi) is 6.06. The monoisotopic (exact) mass is 307 g/mol. The summed E-state index contributed by atoms with van der Waals surface area (Å²) in [5.74, 6) is 0.337. The molecule has 0 spiro atoms. The van der Waals surface area contributed by atoms with Crippen LogP contribution in [0, 0.1) is 0 Å². The third-order valence-electron chi connectivity index (χ3n) is 2.24. The molecule has 0 aromatic heterocycles. The van der Waals surface area contributed by atoms with Gasteiger partial charge in [0.1, 0.15) is 5.75 Å². The predicted octanol–water partition coefficient (Wildman–Crippen LogP) is 1.79. The molecule has 0 aliphatic carbocycles. The molecule has 0 amide bonds. The topological polar surface area (TPSA) is 75.6 Å². The van der Waals surface area contributed by atoms with Gasteiger partial charge in [-0.2, -0.15) is 0 Å². The number of benzene rings is 1. The van der Waals surface area contributed by atoms with Crippen LogP contribution in [-0.4, -0.2) is 32.8 Å². The number of ether oxygens (including phenoxy) is 1. The Hall–Kier alpha value is -0.820. The second kappa shape index (κ2) is 7.09. The number of aliphatic hydroxyl groups excluding tert-OH is 1. The first kappa shape index (κ1) is 16.2. The van der Waals surface area contributed by atoms with E-state index in [1.807, 2.05) is 6.92 Å². The first-order chi connectivity index (χ1) is 8.86. The summed E-state index contributed by atoms with van der Waals surface area (Å²) in [7, 11) is -3.67. The predicted molar refractivity (Wildman–Crippen MR) is 74.1 cm³/mol. The molecule has 1 aromatic rings. The quantitative estimate of drug-likeness (QED) is 0.805. The Labute approximate surface area is 118 Å². The molecule has 1 atom stereocenters. The Bertz CT molecular complexity index is 516. The Morgan fingerprint density at radius 2 is 2.16 bits per heavy atom. The van der Waals surface area contributed by atoms with Gasteiger partial charge in [0.15, 0.2) is 0 Å². The molecule has 1 rings (SSSR count). The third-order valence-corrected chi connectivity index (χ3v) is 3.98. The molecular weight excluding hydrogens is 290 g/mol. The lowest BCUT2D eigenvalue weighted by atomic mass is 10.3. The smallest absolute Gasteiger partial charge is 0.240 e. The molecule has 0 saturated carbocycles. The fourth-order valence-electron chi connectivity index (χ4n) is 1.29. The lowest BCUT2D eigenvalue weighted by Crippen LogP contribution is -2.30. The fourth-order valence-corrected chi connectivity index (χ4v) is 2.60. The van der Waals surface area contributed by atoms with E-state index < -0.39 is 16.1 Å². The van der Waals surface area contributed by atoms with Crippen molar-refractivity contribution in [3.63, 3.8) is 0 Å². The van der Waals surface area contributed by atoms with Crippen LogP contribution in [0.4, 0.5) is 0 Å². The van der Waals surface area contributed by atoms with Crippen LogP contribution < -0.4 is 9.46 Å². The summed E-state index contributed by atoms with van der Waals surface area (Å²) in [6.45, 7) is 3.86. The molecule has 1 aromatic carbocycles. The van der Waals surface area contributed by atoms with Gasteiger partial charge in [-0.15, -0.1) is 0 Å². The van der Waals surface area contributed by atoms with E-state index in [-0.39, 0.29) is 11.4 Å². The molecule has 7 heteroatoms. The SMILES string of the molecule is CCCOc1cc(S(=O)(=O)NC[C@H](C)O)ccc1Cl. The van der Waals surface area contributed by atoms with Gasteiger partial charge in [0.2, 0.25) is 10.0 Å². The van der Waals surface area contributed by atoms with Crippen LogP contribution in [0.15, 0.2) is 23.1 Å². The van der Waals surface area contributed by atoms with Gasteiger partial charge in [0, 0.05) is 12.6 Å². The minimum Gasteiger partial charge on any atom is -0.492 e. The van der Waals surface area contributed by atoms with Crippen LogP contribution in [0.3, 0.4) is 0 Å². The molecule has 0 aliphatic heterocycles. The number of hydrogen-bond donors (Lipinski definition) is 2. The Morgan fingerprint density at radius 1 is 1.47 bits per heavy atom. The van der Waals surface area contributed by atoms with E-state index in [1.54, 1.807) is 0 Å². The zero-order valence-electron chi connectivity index (χ0n) is 10.9. The summed E-state index contributed by atoms with van der Waals surface area (Å²) in [6, 6.07) is 4.25. The highest BCUT2D eigenvalue weighted by Crippen LogP contribution is 2.27. The van der Waals surface area contributed by atoms with E-state index in [0.717, 1.165) is 6.42 Å². The molecule has 0 saturated heterocycles. The lowest BCUT2D eigenvalue weighted by molar-refractivity contribution is 0.198. The standard InChI is InChI=1S/C12H18ClNO4S/c1-3-6-18-12-7-10(4-5-11(12)13)19(16,17)14-8-9(2)15/h4-5,7,9,14-15H,3,6,8H2,1-2H3/t9-/m0/s1. The molecular formula is C12H18ClNO4S. The van der Waals surface area contributed by atoms with Gasteiger partial charge in [-0.3, -0.25) is 0 Å². The van der Waals surface area contributed by atoms with Gasteiger partial charge in [0.05, 0.1) is 22.6 Å². The maximum Gasteiger partial charge on any atom is 0.240 e. The average molecular weight is 308 g/mol. The number of aliphatic hydroxyl groups is 1. The molecule has 0 bridgehead atoms. The lowest BCUT2D eigenvalue weighted by Gasteiger charge is -2.11. The summed E-state index contributed by atoms with van der Waals surface area (Å²) in [5.41, 5.74) is 0. The van der Waals surface area contributed by atoms with E-state index >= 15 is 0 Å². The van der Waals surface area contributed by atoms with Gasteiger partial charge < -0.3 is 9.84 Å². The second-order valence-electron chi connectivity index (χ2n) is 4.14. The first-order valence-electron chi connectivity index (χ1n) is 5.97. The average Bonchev–Trinajstić information content (AvgIpc) is 2.35. The van der Waals surface area contributed by atoms with Gasteiger partial charge in [-0.25, -0.2) is 13.1 Å². The highest BCUT2D eigenvalue weighted by molar-refractivity contribution is 7.89. The van der Waals surface area contributed by atoms with E-state index in [1.165, 1.54) is 25.1 Å². The maximum absolute atomic E-state index is 12.0. The van der Waals surface area contributed by atoms with Gasteiger partial charge >= 0.3 is 0 Å². The number of halogens is 1. The van der Waals surface area contributed by atoms with E-state index in [0.29, 0.717) is 17.4 Å². The van der Waals surface area contributed by atoms with Crippen LogP contribution >= 0.6 is 11.6 Å². The Morgan fingerprint density at radius 3 is 2.74 bits per heavy atom. The number of hydrogen-bond acceptors (Lipinski definition) is 4. The van der Waals surface area contributed by atoms with Crippen LogP contribution in [-0.2, 0) is 10.0 Å². The summed E-state index contributed by atoms with van der Waals surface area (Å²) in [4.78, 5) is 0.0589. The van der Waals surface area contributed by atoms with Gasteiger partial charge in [0.25, 0.3) is 0 Å². The minimum absolute atomic E-state index is 0.0455. The minimum atomic E-state index is -3.67. The third kappa shape index (κ3) is 4.99. The molecule has 5 nitrogen and oxygen atoms in total. The normalized spacial score (nSPS) is 13.3.